The van der Waals surface area contributed by atoms with Crippen molar-refractivity contribution >= 4 is 17.7 Å². The molecule has 0 aromatic rings. The number of carbonyl (C=O) groups excluding carboxylic acids is 3. The molecule has 0 aromatic carbocycles. The number of hydrogen-bond donors (Lipinski definition) is 6. The van der Waals surface area contributed by atoms with E-state index >= 15 is 0 Å². The fraction of sp³-hybridized carbons (Fsp3) is 0.743. The van der Waals surface area contributed by atoms with Gasteiger partial charge in [0.1, 0.15) is 42.4 Å². The van der Waals surface area contributed by atoms with Crippen LogP contribution in [0.15, 0.2) is 35.3 Å². The van der Waals surface area contributed by atoms with Gasteiger partial charge in [-0.15, -0.1) is 0 Å². The van der Waals surface area contributed by atoms with Gasteiger partial charge < -0.3 is 59.1 Å². The standard InChI is InChI=1S/C35H48O15/c1-13(2)14(3)8-15(4)47-26-28-34-12-46-35(28,32(44)45-7)29(42)24(41)27(34)33(6)10-18(37)25(16(5)17(33)9-20(34)49-30(26)43)50-31-23(40)22(39)21(38)19(11-36)48-31/h8,13,17,19-24,26-29,31,36,38-42H,4,9-12H2,1-3,5-7H3. The average Bonchev–Trinajstić information content (AvgIpc) is 3.37. The fourth-order valence-corrected chi connectivity index (χ4v) is 9.90. The van der Waals surface area contributed by atoms with Crippen molar-refractivity contribution in [3.05, 3.63) is 35.3 Å². The van der Waals surface area contributed by atoms with Crippen molar-refractivity contribution in [2.45, 2.75) is 108 Å². The normalized spacial score (nSPS) is 46.9. The first kappa shape index (κ1) is 36.9. The Hall–Kier alpha value is -2.89. The molecule has 15 atom stereocenters. The van der Waals surface area contributed by atoms with Crippen LogP contribution in [0.3, 0.4) is 0 Å². The van der Waals surface area contributed by atoms with Gasteiger partial charge in [-0.25, -0.2) is 9.59 Å². The van der Waals surface area contributed by atoms with Gasteiger partial charge in [-0.1, -0.05) is 32.9 Å². The van der Waals surface area contributed by atoms with Gasteiger partial charge in [-0.2, -0.15) is 0 Å². The van der Waals surface area contributed by atoms with Crippen LogP contribution in [0.25, 0.3) is 0 Å². The first-order valence-electron chi connectivity index (χ1n) is 17.0. The Kier molecular flexibility index (Phi) is 9.34. The zero-order valence-corrected chi connectivity index (χ0v) is 29.0. The van der Waals surface area contributed by atoms with Crippen LogP contribution in [0.1, 0.15) is 47.5 Å². The lowest BCUT2D eigenvalue weighted by Crippen LogP contribution is -2.79. The number of esters is 2. The van der Waals surface area contributed by atoms with Crippen LogP contribution in [0, 0.1) is 34.5 Å². The van der Waals surface area contributed by atoms with Gasteiger partial charge in [-0.3, -0.25) is 4.79 Å². The highest BCUT2D eigenvalue weighted by Crippen LogP contribution is 2.73. The fourth-order valence-electron chi connectivity index (χ4n) is 9.90. The number of ketones is 1. The number of Topliss-reactive ketones (excluding diaryl/α,β-unsaturated/α-hetero) is 1. The lowest BCUT2D eigenvalue weighted by molar-refractivity contribution is -0.296. The number of aliphatic hydroxyl groups excluding tert-OH is 6. The number of carbonyl (C=O) groups is 3. The molecule has 15 heteroatoms. The average molecular weight is 709 g/mol. The van der Waals surface area contributed by atoms with Gasteiger partial charge in [0.05, 0.1) is 32.3 Å². The van der Waals surface area contributed by atoms with E-state index in [-0.39, 0.29) is 36.9 Å². The number of methoxy groups -OCH3 is 1. The second-order valence-electron chi connectivity index (χ2n) is 15.3. The van der Waals surface area contributed by atoms with Crippen molar-refractivity contribution in [1.82, 2.24) is 0 Å². The van der Waals surface area contributed by atoms with Crippen molar-refractivity contribution < 1.29 is 73.4 Å². The maximum Gasteiger partial charge on any atom is 0.348 e. The largest absolute Gasteiger partial charge is 0.479 e. The summed E-state index contributed by atoms with van der Waals surface area (Å²) in [6.07, 6.45) is -12.6. The van der Waals surface area contributed by atoms with Gasteiger partial charge in [0.25, 0.3) is 0 Å². The molecular weight excluding hydrogens is 660 g/mol. The Morgan fingerprint density at radius 1 is 1.08 bits per heavy atom. The lowest BCUT2D eigenvalue weighted by atomic mass is 9.38. The van der Waals surface area contributed by atoms with E-state index in [1.165, 1.54) is 0 Å². The minimum Gasteiger partial charge on any atom is -0.479 e. The summed E-state index contributed by atoms with van der Waals surface area (Å²) in [4.78, 5) is 41.7. The number of aliphatic hydroxyl groups is 6. The number of ether oxygens (including phenoxy) is 6. The molecule has 0 amide bonds. The number of allylic oxidation sites excluding steroid dienone is 4. The number of hydrogen-bond acceptors (Lipinski definition) is 15. The highest BCUT2D eigenvalue weighted by molar-refractivity contribution is 5.96. The summed E-state index contributed by atoms with van der Waals surface area (Å²) in [5.74, 6) is -5.13. The minimum atomic E-state index is -2.21. The molecule has 278 valence electrons. The van der Waals surface area contributed by atoms with Crippen LogP contribution in [0.2, 0.25) is 0 Å². The maximum atomic E-state index is 14.0. The molecule has 3 heterocycles. The smallest absolute Gasteiger partial charge is 0.348 e. The molecule has 0 radical (unpaired) electrons. The third-order valence-electron chi connectivity index (χ3n) is 12.5. The Balaban J connectivity index is 1.44. The van der Waals surface area contributed by atoms with E-state index in [1.807, 2.05) is 20.8 Å². The monoisotopic (exact) mass is 708 g/mol. The molecule has 15 nitrogen and oxygen atoms in total. The van der Waals surface area contributed by atoms with Gasteiger partial charge in [0.2, 0.25) is 18.0 Å². The third kappa shape index (κ3) is 4.95. The first-order valence-corrected chi connectivity index (χ1v) is 17.0. The predicted molar refractivity (Wildman–Crippen MR) is 168 cm³/mol. The summed E-state index contributed by atoms with van der Waals surface area (Å²) in [5, 5.41) is 64.7. The molecule has 5 fully saturated rings. The van der Waals surface area contributed by atoms with Crippen molar-refractivity contribution in [3.63, 3.8) is 0 Å². The van der Waals surface area contributed by atoms with E-state index < -0.39 is 114 Å². The molecular formula is C35H48O15. The molecule has 6 aliphatic rings. The maximum absolute atomic E-state index is 14.0. The molecule has 3 aliphatic heterocycles. The van der Waals surface area contributed by atoms with Gasteiger partial charge in [0, 0.05) is 17.8 Å². The van der Waals surface area contributed by atoms with E-state index in [2.05, 4.69) is 6.58 Å². The van der Waals surface area contributed by atoms with Crippen molar-refractivity contribution in [3.8, 4) is 0 Å². The summed E-state index contributed by atoms with van der Waals surface area (Å²) in [6.45, 7) is 12.3. The van der Waals surface area contributed by atoms with Gasteiger partial charge >= 0.3 is 11.9 Å². The molecule has 1 spiro atoms. The Morgan fingerprint density at radius 3 is 2.38 bits per heavy atom. The predicted octanol–water partition coefficient (Wildman–Crippen LogP) is -0.601. The van der Waals surface area contributed by atoms with E-state index in [0.29, 0.717) is 5.57 Å². The van der Waals surface area contributed by atoms with Crippen molar-refractivity contribution in [2.75, 3.05) is 20.3 Å². The summed E-state index contributed by atoms with van der Waals surface area (Å²) < 4.78 is 35.1. The van der Waals surface area contributed by atoms with Crippen LogP contribution in [-0.2, 0) is 42.8 Å². The molecule has 0 aromatic heterocycles. The molecule has 2 bridgehead atoms. The summed E-state index contributed by atoms with van der Waals surface area (Å²) in [6, 6.07) is 0. The van der Waals surface area contributed by atoms with Gasteiger partial charge in [0.15, 0.2) is 11.5 Å². The highest BCUT2D eigenvalue weighted by Gasteiger charge is 2.85. The molecule has 3 aliphatic carbocycles. The second kappa shape index (κ2) is 12.7. The van der Waals surface area contributed by atoms with E-state index in [1.54, 1.807) is 19.9 Å². The Morgan fingerprint density at radius 2 is 1.76 bits per heavy atom. The zero-order chi connectivity index (χ0) is 36.8. The first-order chi connectivity index (χ1) is 23.4. The summed E-state index contributed by atoms with van der Waals surface area (Å²) in [7, 11) is 1.11. The topological polar surface area (TPSA) is 228 Å². The minimum absolute atomic E-state index is 0.0966. The SMILES string of the molecule is C=C(C=C(C)C(C)C)OC1C(=O)OC2CC3C(C)=C(OC4OC(CO)C(O)C(O)C4O)C(=O)CC3(C)C3C(O)C(O)C4(C(=O)OC)OCC23C14. The highest BCUT2D eigenvalue weighted by atomic mass is 16.7. The number of rotatable bonds is 8. The Labute approximate surface area is 289 Å². The van der Waals surface area contributed by atoms with E-state index in [4.69, 9.17) is 28.4 Å². The van der Waals surface area contributed by atoms with Crippen LogP contribution < -0.4 is 0 Å². The summed E-state index contributed by atoms with van der Waals surface area (Å²) in [5.41, 5.74) is -3.40. The van der Waals surface area contributed by atoms with Gasteiger partial charge in [-0.05, 0) is 49.2 Å². The van der Waals surface area contributed by atoms with Crippen molar-refractivity contribution in [2.24, 2.45) is 34.5 Å². The van der Waals surface area contributed by atoms with E-state index in [0.717, 1.165) is 12.7 Å². The van der Waals surface area contributed by atoms with E-state index in [9.17, 15) is 45.0 Å². The quantitative estimate of drug-likeness (QED) is 0.105. The molecule has 50 heavy (non-hydrogen) atoms. The van der Waals surface area contributed by atoms with Crippen molar-refractivity contribution in [1.29, 1.82) is 0 Å². The zero-order valence-electron chi connectivity index (χ0n) is 29.0. The van der Waals surface area contributed by atoms with Crippen LogP contribution in [0.4, 0.5) is 0 Å². The van der Waals surface area contributed by atoms with Crippen LogP contribution >= 0.6 is 0 Å². The third-order valence-corrected chi connectivity index (χ3v) is 12.5. The lowest BCUT2D eigenvalue weighted by Gasteiger charge is -2.67. The molecule has 3 saturated heterocycles. The molecule has 2 saturated carbocycles. The summed E-state index contributed by atoms with van der Waals surface area (Å²) >= 11 is 0. The Bertz CT molecular complexity index is 1500. The molecule has 15 unspecified atom stereocenters. The molecule has 6 N–H and O–H groups in total. The number of fused-ring (bicyclic) bond motifs is 2. The van der Waals surface area contributed by atoms with Crippen LogP contribution in [0.5, 0.6) is 0 Å². The second-order valence-corrected chi connectivity index (χ2v) is 15.3. The van der Waals surface area contributed by atoms with Crippen LogP contribution in [-0.4, -0.2) is 129 Å². The molecule has 6 rings (SSSR count).